The Balaban J connectivity index is 1.24. The zero-order chi connectivity index (χ0) is 29.7. The third-order valence-electron chi connectivity index (χ3n) is 11.2. The van der Waals surface area contributed by atoms with Crippen molar-refractivity contribution in [2.24, 2.45) is 22.7 Å². The number of aliphatic hydroxyl groups is 1. The number of pyridine rings is 1. The number of thiol groups is 1. The van der Waals surface area contributed by atoms with Crippen molar-refractivity contribution in [3.8, 4) is 5.69 Å². The lowest BCUT2D eigenvalue weighted by atomic mass is 9.44. The highest BCUT2D eigenvalue weighted by molar-refractivity contribution is 7.96. The first-order chi connectivity index (χ1) is 19.9. The van der Waals surface area contributed by atoms with Gasteiger partial charge in [0.05, 0.1) is 36.1 Å². The number of halogens is 2. The lowest BCUT2D eigenvalue weighted by Gasteiger charge is -2.63. The summed E-state index contributed by atoms with van der Waals surface area (Å²) in [7, 11) is 0. The van der Waals surface area contributed by atoms with E-state index in [-0.39, 0.29) is 18.8 Å². The molecule has 7 rings (SSSR count). The first kappa shape index (κ1) is 27.8. The largest absolute Gasteiger partial charge is 0.486 e. The molecule has 222 valence electrons. The van der Waals surface area contributed by atoms with Gasteiger partial charge in [0.1, 0.15) is 5.67 Å². The predicted molar refractivity (Wildman–Crippen MR) is 151 cm³/mol. The molecule has 5 aliphatic rings. The topological polar surface area (TPSA) is 104 Å². The van der Waals surface area contributed by atoms with Gasteiger partial charge in [0, 0.05) is 23.2 Å². The van der Waals surface area contributed by atoms with E-state index in [1.165, 1.54) is 18.5 Å². The Hall–Kier alpha value is -3.05. The average molecular weight is 598 g/mol. The van der Waals surface area contributed by atoms with Crippen LogP contribution in [0.4, 0.5) is 8.78 Å². The van der Waals surface area contributed by atoms with Crippen LogP contribution in [0.5, 0.6) is 0 Å². The number of allylic oxidation sites excluding steroid dienone is 1. The van der Waals surface area contributed by atoms with E-state index in [9.17, 15) is 19.1 Å². The van der Waals surface area contributed by atoms with E-state index in [4.69, 9.17) is 9.47 Å². The van der Waals surface area contributed by atoms with Crippen LogP contribution < -0.4 is 0 Å². The highest BCUT2D eigenvalue weighted by Gasteiger charge is 2.75. The maximum atomic E-state index is 18.0. The molecule has 3 saturated carbocycles. The van der Waals surface area contributed by atoms with E-state index in [1.54, 1.807) is 23.0 Å². The number of nitrogens with zero attached hydrogens (tertiary/aromatic N) is 3. The van der Waals surface area contributed by atoms with Gasteiger partial charge in [-0.05, 0) is 74.3 Å². The molecule has 0 aromatic carbocycles. The van der Waals surface area contributed by atoms with Crippen molar-refractivity contribution >= 4 is 29.8 Å². The summed E-state index contributed by atoms with van der Waals surface area (Å²) in [6, 6.07) is 2.87. The Labute approximate surface area is 247 Å². The van der Waals surface area contributed by atoms with Gasteiger partial charge in [-0.25, -0.2) is 18.9 Å². The SMILES string of the molecule is C[C@]12Cc3cnn(-c4ccc(F)nc4)c3C=C1CC[C@H]1[C@@H]3CC[C@](OC(=O)C4CC=CO4)(C(=O)S)[C@@]3(C)C[C@H](O)[C@@]12F. The zero-order valence-electron chi connectivity index (χ0n) is 23.4. The monoisotopic (exact) mass is 597 g/mol. The zero-order valence-corrected chi connectivity index (χ0v) is 24.3. The fraction of sp³-hybridized carbons (Fsp3) is 0.548. The smallest absolute Gasteiger partial charge is 0.348 e. The second kappa shape index (κ2) is 9.22. The molecule has 42 heavy (non-hydrogen) atoms. The first-order valence-electron chi connectivity index (χ1n) is 14.5. The van der Waals surface area contributed by atoms with Crippen molar-refractivity contribution in [3.05, 3.63) is 59.6 Å². The summed E-state index contributed by atoms with van der Waals surface area (Å²) in [6.07, 6.45) is 8.34. The molecule has 8 atom stereocenters. The fourth-order valence-corrected chi connectivity index (χ4v) is 9.49. The van der Waals surface area contributed by atoms with Gasteiger partial charge in [-0.15, -0.1) is 12.6 Å². The molecule has 2 aromatic rings. The molecule has 2 aromatic heterocycles. The highest BCUT2D eigenvalue weighted by Crippen LogP contribution is 2.71. The number of hydrogen-bond donors (Lipinski definition) is 2. The standard InChI is InChI=1S/C31H33F2N3O5S/c1-28-13-17-15-35-36(19-6-8-25(32)34-16-19)22(17)12-18(28)5-7-21-20-9-10-30(27(39)42,41-26(38)23-4-3-11-40-23)29(20,2)14-24(37)31(21,28)33/h3,6,8,11-12,15-16,20-21,23-24,37H,4-5,7,9-10,13-14H2,1-2H3,(H,39,42)/t20-,21-,23?,24-,28-,29-,30-,31-/m0/s1. The second-order valence-corrected chi connectivity index (χ2v) is 13.4. The molecule has 8 nitrogen and oxygen atoms in total. The molecule has 3 fully saturated rings. The van der Waals surface area contributed by atoms with Gasteiger partial charge in [0.2, 0.25) is 11.1 Å². The Kier molecular flexibility index (Phi) is 6.10. The summed E-state index contributed by atoms with van der Waals surface area (Å²) >= 11 is 4.20. The minimum absolute atomic E-state index is 0.0513. The van der Waals surface area contributed by atoms with Crippen molar-refractivity contribution in [2.75, 3.05) is 0 Å². The van der Waals surface area contributed by atoms with Crippen LogP contribution in [-0.4, -0.2) is 54.4 Å². The van der Waals surface area contributed by atoms with E-state index in [1.807, 2.05) is 19.9 Å². The molecule has 0 radical (unpaired) electrons. The summed E-state index contributed by atoms with van der Waals surface area (Å²) in [6.45, 7) is 3.73. The summed E-state index contributed by atoms with van der Waals surface area (Å²) in [5, 5.41) is 15.7. The van der Waals surface area contributed by atoms with Crippen molar-refractivity contribution in [1.29, 1.82) is 0 Å². The fourth-order valence-electron chi connectivity index (χ4n) is 9.08. The van der Waals surface area contributed by atoms with Crippen LogP contribution in [0.1, 0.15) is 63.6 Å². The Morgan fingerprint density at radius 3 is 2.71 bits per heavy atom. The van der Waals surface area contributed by atoms with Crippen LogP contribution in [0.15, 0.2) is 42.4 Å². The Morgan fingerprint density at radius 2 is 2.02 bits per heavy atom. The number of hydrogen-bond acceptors (Lipinski definition) is 7. The molecule has 11 heteroatoms. The average Bonchev–Trinajstić information content (AvgIpc) is 3.68. The van der Waals surface area contributed by atoms with Crippen LogP contribution in [0.25, 0.3) is 11.8 Å². The Morgan fingerprint density at radius 1 is 1.21 bits per heavy atom. The van der Waals surface area contributed by atoms with E-state index in [0.717, 1.165) is 16.8 Å². The molecule has 1 N–H and O–H groups in total. The number of carbonyl (C=O) groups excluding carboxylic acids is 2. The minimum atomic E-state index is -1.99. The van der Waals surface area contributed by atoms with Gasteiger partial charge in [-0.3, -0.25) is 4.79 Å². The van der Waals surface area contributed by atoms with Crippen molar-refractivity contribution in [3.63, 3.8) is 0 Å². The number of alkyl halides is 1. The van der Waals surface area contributed by atoms with Gasteiger partial charge in [0.15, 0.2) is 11.7 Å². The molecule has 0 amide bonds. The normalized spacial score (nSPS) is 39.8. The number of fused-ring (bicyclic) bond motifs is 6. The van der Waals surface area contributed by atoms with E-state index in [2.05, 4.69) is 22.7 Å². The van der Waals surface area contributed by atoms with E-state index in [0.29, 0.717) is 37.8 Å². The number of ether oxygens (including phenoxy) is 2. The summed E-state index contributed by atoms with van der Waals surface area (Å²) in [5.41, 5.74) is -2.50. The van der Waals surface area contributed by atoms with Crippen LogP contribution in [-0.2, 0) is 25.5 Å². The van der Waals surface area contributed by atoms with Gasteiger partial charge in [0.25, 0.3) is 0 Å². The molecule has 0 saturated heterocycles. The maximum Gasteiger partial charge on any atom is 0.348 e. The number of esters is 1. The van der Waals surface area contributed by atoms with Crippen LogP contribution in [0, 0.1) is 28.6 Å². The van der Waals surface area contributed by atoms with Crippen LogP contribution >= 0.6 is 12.6 Å². The molecule has 1 unspecified atom stereocenters. The summed E-state index contributed by atoms with van der Waals surface area (Å²) in [4.78, 5) is 30.0. The third-order valence-corrected chi connectivity index (χ3v) is 11.6. The number of carbonyl (C=O) groups is 2. The molecule has 4 aliphatic carbocycles. The van der Waals surface area contributed by atoms with Gasteiger partial charge in [-0.2, -0.15) is 9.49 Å². The molecule has 0 bridgehead atoms. The second-order valence-electron chi connectivity index (χ2n) is 13.0. The lowest BCUT2D eigenvalue weighted by Crippen LogP contribution is -2.70. The van der Waals surface area contributed by atoms with E-state index >= 15 is 4.39 Å². The van der Waals surface area contributed by atoms with Gasteiger partial charge >= 0.3 is 5.97 Å². The third kappa shape index (κ3) is 3.49. The number of aliphatic hydroxyl groups excluding tert-OH is 1. The molecule has 3 heterocycles. The Bertz CT molecular complexity index is 1540. The maximum absolute atomic E-state index is 18.0. The van der Waals surface area contributed by atoms with Crippen LogP contribution in [0.2, 0.25) is 0 Å². The molecule has 0 spiro atoms. The summed E-state index contributed by atoms with van der Waals surface area (Å²) in [5.74, 6) is -2.12. The van der Waals surface area contributed by atoms with E-state index < -0.39 is 57.3 Å². The van der Waals surface area contributed by atoms with Gasteiger partial charge in [-0.1, -0.05) is 19.4 Å². The summed E-state index contributed by atoms with van der Waals surface area (Å²) < 4.78 is 44.4. The number of rotatable bonds is 4. The lowest BCUT2D eigenvalue weighted by molar-refractivity contribution is -0.230. The van der Waals surface area contributed by atoms with Crippen molar-refractivity contribution in [2.45, 2.75) is 82.3 Å². The first-order valence-corrected chi connectivity index (χ1v) is 14.9. The van der Waals surface area contributed by atoms with Crippen LogP contribution in [0.3, 0.4) is 0 Å². The quantitative estimate of drug-likeness (QED) is 0.299. The van der Waals surface area contributed by atoms with Crippen molar-refractivity contribution in [1.82, 2.24) is 14.8 Å². The van der Waals surface area contributed by atoms with Gasteiger partial charge < -0.3 is 14.6 Å². The number of aromatic nitrogens is 3. The molecule has 1 aliphatic heterocycles. The highest BCUT2D eigenvalue weighted by atomic mass is 32.1. The van der Waals surface area contributed by atoms with Crippen molar-refractivity contribution < 1.29 is 33.0 Å². The molecular weight excluding hydrogens is 564 g/mol. The molecular formula is C31H33F2N3O5S. The predicted octanol–water partition coefficient (Wildman–Crippen LogP) is 4.69. The minimum Gasteiger partial charge on any atom is -0.486 e.